The maximum atomic E-state index is 10.5. The van der Waals surface area contributed by atoms with Gasteiger partial charge in [-0.1, -0.05) is 0 Å². The molecule has 10 heavy (non-hydrogen) atoms. The molecule has 1 fully saturated rings. The van der Waals surface area contributed by atoms with Crippen molar-refractivity contribution in [3.05, 3.63) is 0 Å². The molecule has 0 aromatic rings. The van der Waals surface area contributed by atoms with Gasteiger partial charge in [0.1, 0.15) is 0 Å². The first-order valence-corrected chi connectivity index (χ1v) is 6.22. The molecular weight excluding hydrogens is 178 g/mol. The minimum atomic E-state index is -4.12. The third kappa shape index (κ3) is 2.27. The molecule has 1 heterocycles. The van der Waals surface area contributed by atoms with Crippen molar-refractivity contribution in [3.63, 3.8) is 0 Å². The number of rotatable bonds is 1. The molecule has 60 valence electrons. The lowest BCUT2D eigenvalue weighted by atomic mass is 10.5. The van der Waals surface area contributed by atoms with Crippen molar-refractivity contribution >= 4 is 15.3 Å². The van der Waals surface area contributed by atoms with E-state index in [1.165, 1.54) is 0 Å². The number of hydrogen-bond acceptors (Lipinski definition) is 3. The van der Waals surface area contributed by atoms with Crippen LogP contribution in [-0.2, 0) is 13.6 Å². The first-order valence-electron chi connectivity index (χ1n) is 2.73. The van der Waals surface area contributed by atoms with Crippen LogP contribution >= 0.6 is 15.3 Å². The van der Waals surface area contributed by atoms with Crippen LogP contribution in [0.5, 0.6) is 0 Å². The molecular formula is C3H8O5P2. The molecule has 0 aromatic carbocycles. The second-order valence-corrected chi connectivity index (χ2v) is 6.33. The third-order valence-electron chi connectivity index (χ3n) is 0.905. The summed E-state index contributed by atoms with van der Waals surface area (Å²) >= 11 is 0. The van der Waals surface area contributed by atoms with E-state index in [-0.39, 0.29) is 0 Å². The second kappa shape index (κ2) is 3.26. The van der Waals surface area contributed by atoms with Gasteiger partial charge in [-0.2, -0.15) is 0 Å². The Morgan fingerprint density at radius 2 is 1.80 bits per heavy atom. The lowest BCUT2D eigenvalue weighted by Crippen LogP contribution is -2.04. The summed E-state index contributed by atoms with van der Waals surface area (Å²) in [7, 11) is -6.07. The van der Waals surface area contributed by atoms with Crippen LogP contribution in [0.25, 0.3) is 0 Å². The fourth-order valence-electron chi connectivity index (χ4n) is 0.532. The molecule has 0 amide bonds. The highest BCUT2D eigenvalue weighted by Gasteiger charge is 2.34. The highest BCUT2D eigenvalue weighted by Crippen LogP contribution is 2.72. The Labute approximate surface area is 59.3 Å². The zero-order valence-electron chi connectivity index (χ0n) is 5.13. The van der Waals surface area contributed by atoms with Crippen LogP contribution in [0.15, 0.2) is 0 Å². The van der Waals surface area contributed by atoms with Gasteiger partial charge in [0, 0.05) is 0 Å². The van der Waals surface area contributed by atoms with Gasteiger partial charge in [0.15, 0.2) is 0 Å². The van der Waals surface area contributed by atoms with Gasteiger partial charge in [-0.25, -0.2) is 0 Å². The highest BCUT2D eigenvalue weighted by atomic mass is 32.1. The van der Waals surface area contributed by atoms with Gasteiger partial charge in [0.05, 0.1) is 13.2 Å². The van der Waals surface area contributed by atoms with Gasteiger partial charge in [0.2, 0.25) is 0 Å². The van der Waals surface area contributed by atoms with Crippen molar-refractivity contribution in [2.75, 3.05) is 13.2 Å². The Kier molecular flexibility index (Phi) is 2.81. The molecule has 0 spiro atoms. The Balaban J connectivity index is 2.47. The third-order valence-corrected chi connectivity index (χ3v) is 4.11. The maximum absolute atomic E-state index is 10.5. The molecule has 0 unspecified atom stereocenters. The summed E-state index contributed by atoms with van der Waals surface area (Å²) < 4.78 is 19.9. The summed E-state index contributed by atoms with van der Waals surface area (Å²) in [4.78, 5) is 17.1. The van der Waals surface area contributed by atoms with E-state index in [0.29, 0.717) is 19.6 Å². The highest BCUT2D eigenvalue weighted by molar-refractivity contribution is 8.23. The smallest absolute Gasteiger partial charge is 0.325 e. The zero-order chi connectivity index (χ0) is 7.61. The Morgan fingerprint density at radius 1 is 1.30 bits per heavy atom. The molecule has 1 aliphatic heterocycles. The van der Waals surface area contributed by atoms with E-state index < -0.39 is 15.3 Å². The van der Waals surface area contributed by atoms with Crippen molar-refractivity contribution in [3.8, 4) is 0 Å². The lowest BCUT2D eigenvalue weighted by molar-refractivity contribution is 0.185. The van der Waals surface area contributed by atoms with Gasteiger partial charge in [-0.15, -0.1) is 0 Å². The van der Waals surface area contributed by atoms with Crippen LogP contribution < -0.4 is 0 Å². The van der Waals surface area contributed by atoms with Crippen LogP contribution in [0.3, 0.4) is 0 Å². The second-order valence-electron chi connectivity index (χ2n) is 1.77. The summed E-state index contributed by atoms with van der Waals surface area (Å²) in [5.74, 6) is 0. The predicted octanol–water partition coefficient (Wildman–Crippen LogP) is 0.828. The standard InChI is InChI=1S/C3H8O5P2/c4-10(5,6)9-7-2-1-3-8-9/h1-3H2,(H2,4,5,6). The normalized spacial score (nSPS) is 23.0. The summed E-state index contributed by atoms with van der Waals surface area (Å²) in [5.41, 5.74) is 0. The van der Waals surface area contributed by atoms with Crippen molar-refractivity contribution in [1.29, 1.82) is 0 Å². The average Bonchev–Trinajstić information content (AvgIpc) is 1.88. The minimum absolute atomic E-state index is 0.386. The zero-order valence-corrected chi connectivity index (χ0v) is 6.92. The van der Waals surface area contributed by atoms with Crippen LogP contribution in [-0.4, -0.2) is 23.0 Å². The predicted molar refractivity (Wildman–Crippen MR) is 35.5 cm³/mol. The molecule has 0 atom stereocenters. The molecule has 2 N–H and O–H groups in total. The van der Waals surface area contributed by atoms with E-state index in [4.69, 9.17) is 18.8 Å². The van der Waals surface area contributed by atoms with E-state index >= 15 is 0 Å². The molecule has 0 aliphatic carbocycles. The summed E-state index contributed by atoms with van der Waals surface area (Å²) in [6.45, 7) is 0.771. The van der Waals surface area contributed by atoms with Crippen molar-refractivity contribution < 1.29 is 23.4 Å². The maximum Gasteiger partial charge on any atom is 0.400 e. The van der Waals surface area contributed by atoms with Gasteiger partial charge < -0.3 is 18.8 Å². The molecule has 1 aliphatic rings. The monoisotopic (exact) mass is 186 g/mol. The quantitative estimate of drug-likeness (QED) is 0.593. The van der Waals surface area contributed by atoms with Gasteiger partial charge in [0.25, 0.3) is 8.06 Å². The number of hydrogen-bond donors (Lipinski definition) is 2. The molecule has 0 bridgehead atoms. The SMILES string of the molecule is O=P(O)(O)P1OCCCO1. The summed E-state index contributed by atoms with van der Waals surface area (Å²) in [5, 5.41) is 0. The van der Waals surface area contributed by atoms with Gasteiger partial charge >= 0.3 is 7.28 Å². The summed E-state index contributed by atoms with van der Waals surface area (Å²) in [6.07, 6.45) is 0.707. The fraction of sp³-hybridized carbons (Fsp3) is 1.00. The van der Waals surface area contributed by atoms with E-state index in [1.54, 1.807) is 0 Å². The molecule has 0 aromatic heterocycles. The Bertz CT molecular complexity index is 147. The van der Waals surface area contributed by atoms with Crippen LogP contribution in [0.4, 0.5) is 0 Å². The van der Waals surface area contributed by atoms with Crippen LogP contribution in [0, 0.1) is 0 Å². The van der Waals surface area contributed by atoms with Crippen LogP contribution in [0.2, 0.25) is 0 Å². The Morgan fingerprint density at radius 3 is 2.10 bits per heavy atom. The molecule has 5 nitrogen and oxygen atoms in total. The first-order chi connectivity index (χ1) is 4.61. The lowest BCUT2D eigenvalue weighted by Gasteiger charge is -2.21. The minimum Gasteiger partial charge on any atom is -0.325 e. The van der Waals surface area contributed by atoms with E-state index in [1.807, 2.05) is 0 Å². The largest absolute Gasteiger partial charge is 0.400 e. The van der Waals surface area contributed by atoms with E-state index in [0.717, 1.165) is 0 Å². The molecule has 1 rings (SSSR count). The van der Waals surface area contributed by atoms with Gasteiger partial charge in [-0.05, 0) is 6.42 Å². The first kappa shape index (κ1) is 8.60. The van der Waals surface area contributed by atoms with Crippen molar-refractivity contribution in [1.82, 2.24) is 0 Å². The van der Waals surface area contributed by atoms with Crippen LogP contribution in [0.1, 0.15) is 6.42 Å². The topological polar surface area (TPSA) is 76.0 Å². The van der Waals surface area contributed by atoms with E-state index in [2.05, 4.69) is 0 Å². The van der Waals surface area contributed by atoms with E-state index in [9.17, 15) is 4.57 Å². The van der Waals surface area contributed by atoms with Crippen molar-refractivity contribution in [2.45, 2.75) is 6.42 Å². The molecule has 0 radical (unpaired) electrons. The Hall–Kier alpha value is 0.500. The van der Waals surface area contributed by atoms with Crippen molar-refractivity contribution in [2.24, 2.45) is 0 Å². The van der Waals surface area contributed by atoms with Gasteiger partial charge in [-0.3, -0.25) is 4.57 Å². The average molecular weight is 186 g/mol. The molecule has 1 saturated heterocycles. The molecule has 0 saturated carbocycles. The summed E-state index contributed by atoms with van der Waals surface area (Å²) in [6, 6.07) is 0. The molecule has 7 heteroatoms. The fourth-order valence-corrected chi connectivity index (χ4v) is 2.87.